The zero-order chi connectivity index (χ0) is 20.1. The zero-order valence-electron chi connectivity index (χ0n) is 14.5. The second-order valence-electron chi connectivity index (χ2n) is 5.92. The Hall–Kier alpha value is -2.54. The molecule has 0 aliphatic heterocycles. The second-order valence-corrected chi connectivity index (χ2v) is 8.45. The molecule has 0 fully saturated rings. The van der Waals surface area contributed by atoms with Gasteiger partial charge in [0.05, 0.1) is 15.6 Å². The quantitative estimate of drug-likeness (QED) is 0.588. The fourth-order valence-electron chi connectivity index (χ4n) is 2.46. The first-order valence-corrected chi connectivity index (χ1v) is 10.5. The molecule has 5 nitrogen and oxygen atoms in total. The summed E-state index contributed by atoms with van der Waals surface area (Å²) < 4.78 is 27.4. The van der Waals surface area contributed by atoms with E-state index in [9.17, 15) is 13.2 Å². The zero-order valence-corrected chi connectivity index (χ0v) is 16.9. The molecule has 28 heavy (non-hydrogen) atoms. The van der Waals surface area contributed by atoms with E-state index in [-0.39, 0.29) is 16.5 Å². The first-order valence-electron chi connectivity index (χ1n) is 8.25. The molecule has 8 heteroatoms. The van der Waals surface area contributed by atoms with E-state index in [2.05, 4.69) is 10.0 Å². The van der Waals surface area contributed by atoms with Gasteiger partial charge in [0.1, 0.15) is 0 Å². The molecule has 0 spiro atoms. The molecule has 0 bridgehead atoms. The number of para-hydroxylation sites is 1. The highest BCUT2D eigenvalue weighted by Gasteiger charge is 2.16. The van der Waals surface area contributed by atoms with E-state index in [0.29, 0.717) is 22.2 Å². The monoisotopic (exact) mass is 434 g/mol. The van der Waals surface area contributed by atoms with E-state index in [0.717, 1.165) is 5.56 Å². The lowest BCUT2D eigenvalue weighted by molar-refractivity contribution is 0.0951. The van der Waals surface area contributed by atoms with Gasteiger partial charge in [-0.3, -0.25) is 9.52 Å². The molecule has 0 atom stereocenters. The predicted molar refractivity (Wildman–Crippen MR) is 111 cm³/mol. The van der Waals surface area contributed by atoms with E-state index in [4.69, 9.17) is 23.2 Å². The Bertz CT molecular complexity index is 1100. The van der Waals surface area contributed by atoms with Gasteiger partial charge < -0.3 is 5.32 Å². The molecule has 0 unspecified atom stereocenters. The predicted octanol–water partition coefficient (Wildman–Crippen LogP) is 4.72. The van der Waals surface area contributed by atoms with Gasteiger partial charge in [0.2, 0.25) is 0 Å². The maximum atomic E-state index is 12.5. The third-order valence-electron chi connectivity index (χ3n) is 3.89. The molecule has 3 aromatic carbocycles. The highest BCUT2D eigenvalue weighted by molar-refractivity contribution is 7.92. The van der Waals surface area contributed by atoms with Crippen molar-refractivity contribution < 1.29 is 13.2 Å². The van der Waals surface area contributed by atoms with Crippen LogP contribution in [-0.4, -0.2) is 14.3 Å². The van der Waals surface area contributed by atoms with E-state index >= 15 is 0 Å². The first kappa shape index (κ1) is 20.2. The Morgan fingerprint density at radius 2 is 1.61 bits per heavy atom. The molecule has 2 N–H and O–H groups in total. The summed E-state index contributed by atoms with van der Waals surface area (Å²) in [6, 6.07) is 19.3. The van der Waals surface area contributed by atoms with Crippen molar-refractivity contribution in [2.75, 3.05) is 4.72 Å². The van der Waals surface area contributed by atoms with Crippen molar-refractivity contribution in [1.29, 1.82) is 0 Å². The van der Waals surface area contributed by atoms with Crippen LogP contribution >= 0.6 is 23.2 Å². The summed E-state index contributed by atoms with van der Waals surface area (Å²) in [5.41, 5.74) is 1.50. The minimum atomic E-state index is -3.82. The smallest absolute Gasteiger partial charge is 0.261 e. The average molecular weight is 435 g/mol. The average Bonchev–Trinajstić information content (AvgIpc) is 2.68. The topological polar surface area (TPSA) is 75.3 Å². The normalized spacial score (nSPS) is 11.1. The van der Waals surface area contributed by atoms with Gasteiger partial charge in [0.15, 0.2) is 0 Å². The third kappa shape index (κ3) is 5.04. The third-order valence-corrected chi connectivity index (χ3v) is 5.83. The van der Waals surface area contributed by atoms with Gasteiger partial charge in [-0.25, -0.2) is 8.42 Å². The van der Waals surface area contributed by atoms with Crippen LogP contribution in [0.2, 0.25) is 10.0 Å². The Balaban J connectivity index is 1.68. The number of anilines is 1. The summed E-state index contributed by atoms with van der Waals surface area (Å²) in [5.74, 6) is -0.317. The molecule has 0 radical (unpaired) electrons. The Morgan fingerprint density at radius 1 is 0.893 bits per heavy atom. The number of carbonyl (C=O) groups excluding carboxylic acids is 1. The van der Waals surface area contributed by atoms with Crippen LogP contribution in [0, 0.1) is 0 Å². The summed E-state index contributed by atoms with van der Waals surface area (Å²) >= 11 is 11.9. The van der Waals surface area contributed by atoms with Gasteiger partial charge >= 0.3 is 0 Å². The summed E-state index contributed by atoms with van der Waals surface area (Å²) in [4.78, 5) is 12.3. The number of sulfonamides is 1. The Labute approximate surface area is 173 Å². The molecule has 3 rings (SSSR count). The van der Waals surface area contributed by atoms with Crippen molar-refractivity contribution >= 4 is 44.8 Å². The SMILES string of the molecule is O=C(NCc1cccc(Cl)c1)c1ccc(S(=O)(=O)Nc2ccccc2Cl)cc1. The maximum absolute atomic E-state index is 12.5. The largest absolute Gasteiger partial charge is 0.348 e. The summed E-state index contributed by atoms with van der Waals surface area (Å²) in [5, 5.41) is 3.65. The summed E-state index contributed by atoms with van der Waals surface area (Å²) in [6.45, 7) is 0.313. The molecule has 0 saturated carbocycles. The number of benzene rings is 3. The van der Waals surface area contributed by atoms with Gasteiger partial charge in [-0.2, -0.15) is 0 Å². The van der Waals surface area contributed by atoms with Crippen molar-refractivity contribution in [2.45, 2.75) is 11.4 Å². The minimum Gasteiger partial charge on any atom is -0.348 e. The van der Waals surface area contributed by atoms with Crippen molar-refractivity contribution in [3.63, 3.8) is 0 Å². The second kappa shape index (κ2) is 8.65. The number of halogens is 2. The lowest BCUT2D eigenvalue weighted by Gasteiger charge is -2.10. The number of rotatable bonds is 6. The van der Waals surface area contributed by atoms with Gasteiger partial charge in [-0.15, -0.1) is 0 Å². The van der Waals surface area contributed by atoms with Crippen LogP contribution in [0.1, 0.15) is 15.9 Å². The van der Waals surface area contributed by atoms with E-state index < -0.39 is 10.0 Å². The minimum absolute atomic E-state index is 0.0267. The van der Waals surface area contributed by atoms with Crippen molar-refractivity contribution in [1.82, 2.24) is 5.32 Å². The standard InChI is InChI=1S/C20H16Cl2N2O3S/c21-16-5-3-4-14(12-16)13-23-20(25)15-8-10-17(11-9-15)28(26,27)24-19-7-2-1-6-18(19)22/h1-12,24H,13H2,(H,23,25). The number of carbonyl (C=O) groups is 1. The summed E-state index contributed by atoms with van der Waals surface area (Å²) in [6.07, 6.45) is 0. The van der Waals surface area contributed by atoms with E-state index in [1.54, 1.807) is 42.5 Å². The van der Waals surface area contributed by atoms with Crippen LogP contribution in [0.5, 0.6) is 0 Å². The first-order chi connectivity index (χ1) is 13.3. The van der Waals surface area contributed by atoms with Gasteiger partial charge in [-0.05, 0) is 54.1 Å². The van der Waals surface area contributed by atoms with Crippen LogP contribution in [-0.2, 0) is 16.6 Å². The van der Waals surface area contributed by atoms with Crippen LogP contribution in [0.25, 0.3) is 0 Å². The van der Waals surface area contributed by atoms with Crippen LogP contribution in [0.3, 0.4) is 0 Å². The maximum Gasteiger partial charge on any atom is 0.261 e. The molecule has 3 aromatic rings. The lowest BCUT2D eigenvalue weighted by atomic mass is 10.2. The van der Waals surface area contributed by atoms with Crippen LogP contribution < -0.4 is 10.0 Å². The number of nitrogens with one attached hydrogen (secondary N) is 2. The fourth-order valence-corrected chi connectivity index (χ4v) is 4.00. The molecular formula is C20H16Cl2N2O3S. The van der Waals surface area contributed by atoms with Crippen molar-refractivity contribution in [3.8, 4) is 0 Å². The fraction of sp³-hybridized carbons (Fsp3) is 0.0500. The van der Waals surface area contributed by atoms with Gasteiger partial charge in [0, 0.05) is 17.1 Å². The van der Waals surface area contributed by atoms with Crippen molar-refractivity contribution in [3.05, 3.63) is 94.0 Å². The van der Waals surface area contributed by atoms with Crippen LogP contribution in [0.15, 0.2) is 77.7 Å². The molecule has 0 saturated heterocycles. The Kier molecular flexibility index (Phi) is 6.24. The Morgan fingerprint density at radius 3 is 2.29 bits per heavy atom. The number of hydrogen-bond acceptors (Lipinski definition) is 3. The summed E-state index contributed by atoms with van der Waals surface area (Å²) in [7, 11) is -3.82. The molecule has 0 aliphatic carbocycles. The highest BCUT2D eigenvalue weighted by atomic mass is 35.5. The molecule has 1 amide bonds. The van der Waals surface area contributed by atoms with Gasteiger partial charge in [-0.1, -0.05) is 47.5 Å². The lowest BCUT2D eigenvalue weighted by Crippen LogP contribution is -2.23. The number of hydrogen-bond donors (Lipinski definition) is 2. The molecule has 0 heterocycles. The van der Waals surface area contributed by atoms with Crippen molar-refractivity contribution in [2.24, 2.45) is 0 Å². The van der Waals surface area contributed by atoms with Crippen LogP contribution in [0.4, 0.5) is 5.69 Å². The highest BCUT2D eigenvalue weighted by Crippen LogP contribution is 2.24. The number of amides is 1. The van der Waals surface area contributed by atoms with E-state index in [1.807, 2.05) is 6.07 Å². The molecular weight excluding hydrogens is 419 g/mol. The molecule has 0 aliphatic rings. The molecule has 0 aromatic heterocycles. The van der Waals surface area contributed by atoms with E-state index in [1.165, 1.54) is 24.3 Å². The van der Waals surface area contributed by atoms with Gasteiger partial charge in [0.25, 0.3) is 15.9 Å². The molecule has 144 valence electrons.